The van der Waals surface area contributed by atoms with E-state index in [1.165, 1.54) is 25.9 Å². The minimum Gasteiger partial charge on any atom is -0.460 e. The first kappa shape index (κ1) is 16.1. The Morgan fingerprint density at radius 1 is 1.12 bits per heavy atom. The summed E-state index contributed by atoms with van der Waals surface area (Å²) in [6, 6.07) is 10.6. The van der Waals surface area contributed by atoms with Gasteiger partial charge in [0.05, 0.1) is 6.54 Å². The maximum atomic E-state index is 12.0. The summed E-state index contributed by atoms with van der Waals surface area (Å²) >= 11 is 0. The van der Waals surface area contributed by atoms with Gasteiger partial charge in [-0.1, -0.05) is 30.3 Å². The van der Waals surface area contributed by atoms with Gasteiger partial charge < -0.3 is 10.1 Å². The Balaban J connectivity index is 1.15. The Morgan fingerprint density at radius 3 is 2.46 bits per heavy atom. The number of ether oxygens (including phenoxy) is 1. The van der Waals surface area contributed by atoms with E-state index < -0.39 is 0 Å². The third-order valence-electron chi connectivity index (χ3n) is 5.86. The van der Waals surface area contributed by atoms with Crippen LogP contribution in [0.15, 0.2) is 30.3 Å². The molecule has 0 unspecified atom stereocenters. The molecule has 1 aromatic carbocycles. The lowest BCUT2D eigenvalue weighted by molar-refractivity contribution is -0.147. The van der Waals surface area contributed by atoms with E-state index in [-0.39, 0.29) is 5.97 Å². The van der Waals surface area contributed by atoms with Gasteiger partial charge in [0.25, 0.3) is 0 Å². The van der Waals surface area contributed by atoms with Crippen molar-refractivity contribution in [1.82, 2.24) is 15.1 Å². The Bertz CT molecular complexity index is 557. The normalized spacial score (nSPS) is 24.3. The van der Waals surface area contributed by atoms with Crippen molar-refractivity contribution in [3.05, 3.63) is 35.9 Å². The molecule has 0 aromatic heterocycles. The van der Waals surface area contributed by atoms with Gasteiger partial charge in [0.15, 0.2) is 0 Å². The van der Waals surface area contributed by atoms with Gasteiger partial charge >= 0.3 is 5.97 Å². The summed E-state index contributed by atoms with van der Waals surface area (Å²) in [4.78, 5) is 16.9. The average molecular weight is 329 g/mol. The molecule has 24 heavy (non-hydrogen) atoms. The predicted molar refractivity (Wildman–Crippen MR) is 92.6 cm³/mol. The van der Waals surface area contributed by atoms with E-state index in [1.54, 1.807) is 0 Å². The summed E-state index contributed by atoms with van der Waals surface area (Å²) in [5, 5.41) is 3.40. The summed E-state index contributed by atoms with van der Waals surface area (Å²) in [7, 11) is 0. The maximum Gasteiger partial charge on any atom is 0.320 e. The number of nitrogens with zero attached hydrogens (tertiary/aromatic N) is 2. The van der Waals surface area contributed by atoms with Crippen LogP contribution in [0.5, 0.6) is 0 Å². The molecule has 1 N–H and O–H groups in total. The molecule has 5 nitrogen and oxygen atoms in total. The second-order valence-electron chi connectivity index (χ2n) is 7.62. The van der Waals surface area contributed by atoms with Gasteiger partial charge in [-0.25, -0.2) is 0 Å². The summed E-state index contributed by atoms with van der Waals surface area (Å²) in [6.07, 6.45) is 2.72. The first-order chi connectivity index (χ1) is 11.7. The van der Waals surface area contributed by atoms with Crippen molar-refractivity contribution >= 4 is 5.97 Å². The molecule has 0 radical (unpaired) electrons. The summed E-state index contributed by atoms with van der Waals surface area (Å²) in [5.41, 5.74) is 1.68. The topological polar surface area (TPSA) is 44.8 Å². The van der Waals surface area contributed by atoms with Crippen molar-refractivity contribution in [1.29, 1.82) is 0 Å². The largest absolute Gasteiger partial charge is 0.460 e. The number of rotatable bonds is 5. The van der Waals surface area contributed by atoms with E-state index in [0.717, 1.165) is 37.8 Å². The van der Waals surface area contributed by atoms with Crippen molar-refractivity contribution in [3.8, 4) is 0 Å². The minimum atomic E-state index is -0.115. The number of esters is 1. The lowest BCUT2D eigenvalue weighted by Gasteiger charge is -2.58. The zero-order chi connectivity index (χ0) is 16.4. The fourth-order valence-electron chi connectivity index (χ4n) is 4.22. The van der Waals surface area contributed by atoms with Gasteiger partial charge in [0, 0.05) is 45.3 Å². The third-order valence-corrected chi connectivity index (χ3v) is 5.86. The third kappa shape index (κ3) is 3.48. The zero-order valence-corrected chi connectivity index (χ0v) is 14.2. The number of hydrogen-bond acceptors (Lipinski definition) is 5. The number of piperazine rings is 1. The Morgan fingerprint density at radius 2 is 1.83 bits per heavy atom. The van der Waals surface area contributed by atoms with E-state index in [1.807, 2.05) is 30.3 Å². The van der Waals surface area contributed by atoms with Crippen LogP contribution < -0.4 is 5.32 Å². The van der Waals surface area contributed by atoms with Crippen LogP contribution in [0.2, 0.25) is 0 Å². The minimum absolute atomic E-state index is 0.115. The van der Waals surface area contributed by atoms with Crippen LogP contribution in [0.4, 0.5) is 0 Å². The zero-order valence-electron chi connectivity index (χ0n) is 14.2. The van der Waals surface area contributed by atoms with E-state index in [0.29, 0.717) is 18.6 Å². The molecule has 2 aliphatic heterocycles. The van der Waals surface area contributed by atoms with Crippen LogP contribution in [0.25, 0.3) is 0 Å². The molecule has 1 aromatic rings. The first-order valence-electron chi connectivity index (χ1n) is 9.09. The molecule has 130 valence electrons. The maximum absolute atomic E-state index is 12.0. The molecule has 3 aliphatic rings. The van der Waals surface area contributed by atoms with Gasteiger partial charge in [-0.15, -0.1) is 0 Å². The molecule has 5 heteroatoms. The second-order valence-corrected chi connectivity index (χ2v) is 7.62. The van der Waals surface area contributed by atoms with Crippen LogP contribution in [-0.2, 0) is 16.1 Å². The SMILES string of the molecule is O=C(CN1CCN(C2CC3(CNC3)C2)CC1)OCc1ccccc1. The molecular formula is C19H27N3O2. The predicted octanol–water partition coefficient (Wildman–Crippen LogP) is 1.10. The van der Waals surface area contributed by atoms with Crippen molar-refractivity contribution in [3.63, 3.8) is 0 Å². The summed E-state index contributed by atoms with van der Waals surface area (Å²) in [6.45, 7) is 7.34. The molecule has 1 aliphatic carbocycles. The quantitative estimate of drug-likeness (QED) is 0.820. The molecule has 1 spiro atoms. The molecule has 2 saturated heterocycles. The molecule has 2 heterocycles. The lowest BCUT2D eigenvalue weighted by Crippen LogP contribution is -2.66. The number of benzene rings is 1. The smallest absolute Gasteiger partial charge is 0.320 e. The molecule has 3 fully saturated rings. The molecule has 0 atom stereocenters. The Labute approximate surface area is 144 Å². The highest BCUT2D eigenvalue weighted by Crippen LogP contribution is 2.46. The van der Waals surface area contributed by atoms with Crippen LogP contribution >= 0.6 is 0 Å². The monoisotopic (exact) mass is 329 g/mol. The highest BCUT2D eigenvalue weighted by atomic mass is 16.5. The number of carbonyl (C=O) groups is 1. The fraction of sp³-hybridized carbons (Fsp3) is 0.632. The molecule has 0 amide bonds. The fourth-order valence-corrected chi connectivity index (χ4v) is 4.22. The average Bonchev–Trinajstić information content (AvgIpc) is 2.53. The second kappa shape index (κ2) is 6.82. The molecule has 4 rings (SSSR count). The molecule has 0 bridgehead atoms. The van der Waals surface area contributed by atoms with Gasteiger partial charge in [-0.2, -0.15) is 0 Å². The van der Waals surface area contributed by atoms with Gasteiger partial charge in [-0.05, 0) is 23.8 Å². The van der Waals surface area contributed by atoms with Crippen molar-refractivity contribution in [2.24, 2.45) is 5.41 Å². The van der Waals surface area contributed by atoms with E-state index in [9.17, 15) is 4.79 Å². The number of hydrogen-bond donors (Lipinski definition) is 1. The molecular weight excluding hydrogens is 302 g/mol. The Kier molecular flexibility index (Phi) is 4.57. The Hall–Kier alpha value is -1.43. The van der Waals surface area contributed by atoms with E-state index in [2.05, 4.69) is 15.1 Å². The highest BCUT2D eigenvalue weighted by Gasteiger charge is 2.50. The van der Waals surface area contributed by atoms with Gasteiger partial charge in [0.2, 0.25) is 0 Å². The van der Waals surface area contributed by atoms with Gasteiger partial charge in [0.1, 0.15) is 6.61 Å². The van der Waals surface area contributed by atoms with Crippen molar-refractivity contribution in [2.75, 3.05) is 45.8 Å². The van der Waals surface area contributed by atoms with E-state index >= 15 is 0 Å². The standard InChI is InChI=1S/C19H27N3O2/c23-18(24-13-16-4-2-1-3-5-16)12-21-6-8-22(9-7-21)17-10-19(11-17)14-20-15-19/h1-5,17,20H,6-15H2. The highest BCUT2D eigenvalue weighted by molar-refractivity contribution is 5.71. The first-order valence-corrected chi connectivity index (χ1v) is 9.09. The number of carbonyl (C=O) groups excluding carboxylic acids is 1. The van der Waals surface area contributed by atoms with Crippen molar-refractivity contribution in [2.45, 2.75) is 25.5 Å². The number of nitrogens with one attached hydrogen (secondary N) is 1. The van der Waals surface area contributed by atoms with Crippen LogP contribution in [-0.4, -0.2) is 67.6 Å². The van der Waals surface area contributed by atoms with Gasteiger partial charge in [-0.3, -0.25) is 14.6 Å². The van der Waals surface area contributed by atoms with E-state index in [4.69, 9.17) is 4.74 Å². The molecule has 1 saturated carbocycles. The van der Waals surface area contributed by atoms with Crippen molar-refractivity contribution < 1.29 is 9.53 Å². The van der Waals surface area contributed by atoms with Crippen LogP contribution in [0, 0.1) is 5.41 Å². The van der Waals surface area contributed by atoms with Crippen LogP contribution in [0.3, 0.4) is 0 Å². The summed E-state index contributed by atoms with van der Waals surface area (Å²) in [5.74, 6) is -0.115. The lowest BCUT2D eigenvalue weighted by atomic mass is 9.61. The summed E-state index contributed by atoms with van der Waals surface area (Å²) < 4.78 is 5.39. The van der Waals surface area contributed by atoms with Crippen LogP contribution in [0.1, 0.15) is 18.4 Å².